The summed E-state index contributed by atoms with van der Waals surface area (Å²) in [5, 5.41) is 4.28. The van der Waals surface area contributed by atoms with Gasteiger partial charge in [-0.15, -0.1) is 0 Å². The van der Waals surface area contributed by atoms with E-state index in [0.717, 1.165) is 22.6 Å². The van der Waals surface area contributed by atoms with Crippen LogP contribution in [0.3, 0.4) is 0 Å². The molecule has 0 atom stereocenters. The van der Waals surface area contributed by atoms with Crippen molar-refractivity contribution >= 4 is 5.91 Å². The molecule has 0 saturated carbocycles. The van der Waals surface area contributed by atoms with Gasteiger partial charge in [-0.1, -0.05) is 12.1 Å². The zero-order valence-electron chi connectivity index (χ0n) is 15.5. The Kier molecular flexibility index (Phi) is 5.11. The molecule has 136 valence electrons. The molecule has 2 heterocycles. The highest BCUT2D eigenvalue weighted by molar-refractivity contribution is 5.91. The topological polar surface area (TPSA) is 60.5 Å². The van der Waals surface area contributed by atoms with Gasteiger partial charge in [-0.2, -0.15) is 5.10 Å². The third-order valence-electron chi connectivity index (χ3n) is 4.10. The highest BCUT2D eigenvalue weighted by atomic mass is 16.5. The van der Waals surface area contributed by atoms with E-state index in [1.54, 1.807) is 28.8 Å². The van der Waals surface area contributed by atoms with Crippen LogP contribution in [0.5, 0.6) is 5.75 Å². The SMILES string of the molecule is Cc1ccc(C)c(OCc2ccc(C(=O)N(C)Cc3ccn(C)n3)o2)c1. The zero-order chi connectivity index (χ0) is 18.7. The number of aryl methyl sites for hydroxylation is 3. The van der Waals surface area contributed by atoms with E-state index < -0.39 is 0 Å². The lowest BCUT2D eigenvalue weighted by Gasteiger charge is -2.14. The maximum absolute atomic E-state index is 12.5. The molecule has 0 aliphatic heterocycles. The minimum Gasteiger partial charge on any atom is -0.485 e. The minimum absolute atomic E-state index is 0.186. The molecule has 3 rings (SSSR count). The van der Waals surface area contributed by atoms with Crippen LogP contribution in [0.2, 0.25) is 0 Å². The predicted molar refractivity (Wildman–Crippen MR) is 98.0 cm³/mol. The average molecular weight is 353 g/mol. The molecule has 0 aliphatic carbocycles. The molecule has 0 N–H and O–H groups in total. The maximum Gasteiger partial charge on any atom is 0.289 e. The smallest absolute Gasteiger partial charge is 0.289 e. The lowest BCUT2D eigenvalue weighted by Crippen LogP contribution is -2.26. The van der Waals surface area contributed by atoms with E-state index in [0.29, 0.717) is 18.1 Å². The summed E-state index contributed by atoms with van der Waals surface area (Å²) in [4.78, 5) is 14.1. The first-order chi connectivity index (χ1) is 12.4. The Balaban J connectivity index is 1.61. The summed E-state index contributed by atoms with van der Waals surface area (Å²) < 4.78 is 13.2. The second kappa shape index (κ2) is 7.47. The van der Waals surface area contributed by atoms with E-state index in [-0.39, 0.29) is 12.5 Å². The predicted octanol–water partition coefficient (Wildman–Crippen LogP) is 3.48. The zero-order valence-corrected chi connectivity index (χ0v) is 15.5. The van der Waals surface area contributed by atoms with E-state index in [4.69, 9.17) is 9.15 Å². The molecule has 1 aromatic carbocycles. The van der Waals surface area contributed by atoms with Gasteiger partial charge in [0.1, 0.15) is 18.1 Å². The van der Waals surface area contributed by atoms with Gasteiger partial charge in [0.05, 0.1) is 12.2 Å². The van der Waals surface area contributed by atoms with Crippen molar-refractivity contribution < 1.29 is 13.9 Å². The second-order valence-corrected chi connectivity index (χ2v) is 6.47. The highest BCUT2D eigenvalue weighted by Crippen LogP contribution is 2.21. The van der Waals surface area contributed by atoms with Gasteiger partial charge >= 0.3 is 0 Å². The number of amides is 1. The number of furan rings is 1. The van der Waals surface area contributed by atoms with Crippen molar-refractivity contribution in [2.24, 2.45) is 7.05 Å². The van der Waals surface area contributed by atoms with E-state index in [1.807, 2.05) is 51.4 Å². The van der Waals surface area contributed by atoms with E-state index >= 15 is 0 Å². The van der Waals surface area contributed by atoms with Crippen LogP contribution in [0.25, 0.3) is 0 Å². The van der Waals surface area contributed by atoms with Crippen molar-refractivity contribution in [1.82, 2.24) is 14.7 Å². The average Bonchev–Trinajstić information content (AvgIpc) is 3.24. The van der Waals surface area contributed by atoms with Gasteiger partial charge < -0.3 is 14.1 Å². The lowest BCUT2D eigenvalue weighted by molar-refractivity contribution is 0.0747. The van der Waals surface area contributed by atoms with Crippen molar-refractivity contribution in [2.75, 3.05) is 7.05 Å². The van der Waals surface area contributed by atoms with Gasteiger partial charge in [-0.3, -0.25) is 9.48 Å². The van der Waals surface area contributed by atoms with Gasteiger partial charge in [0, 0.05) is 20.3 Å². The first-order valence-electron chi connectivity index (χ1n) is 8.45. The fourth-order valence-corrected chi connectivity index (χ4v) is 2.63. The van der Waals surface area contributed by atoms with E-state index in [2.05, 4.69) is 5.10 Å². The monoisotopic (exact) mass is 353 g/mol. The summed E-state index contributed by atoms with van der Waals surface area (Å²) in [6, 6.07) is 11.4. The number of benzene rings is 1. The largest absolute Gasteiger partial charge is 0.485 e. The van der Waals surface area contributed by atoms with E-state index in [1.165, 1.54) is 0 Å². The second-order valence-electron chi connectivity index (χ2n) is 6.47. The molecule has 0 aliphatic rings. The fraction of sp³-hybridized carbons (Fsp3) is 0.300. The molecule has 2 aromatic heterocycles. The van der Waals surface area contributed by atoms with Gasteiger partial charge in [-0.25, -0.2) is 0 Å². The molecule has 0 saturated heterocycles. The fourth-order valence-electron chi connectivity index (χ4n) is 2.63. The molecule has 0 radical (unpaired) electrons. The Morgan fingerprint density at radius 1 is 1.23 bits per heavy atom. The van der Waals surface area contributed by atoms with Gasteiger partial charge in [0.2, 0.25) is 0 Å². The molecule has 0 fully saturated rings. The first-order valence-corrected chi connectivity index (χ1v) is 8.45. The lowest BCUT2D eigenvalue weighted by atomic mass is 10.1. The minimum atomic E-state index is -0.186. The molecule has 6 nitrogen and oxygen atoms in total. The summed E-state index contributed by atoms with van der Waals surface area (Å²) in [5.41, 5.74) is 3.03. The molecular weight excluding hydrogens is 330 g/mol. The van der Waals surface area contributed by atoms with Crippen LogP contribution in [0.15, 0.2) is 47.0 Å². The number of carbonyl (C=O) groups is 1. The maximum atomic E-state index is 12.5. The Labute approximate surface area is 153 Å². The van der Waals surface area contributed by atoms with Crippen LogP contribution in [0.4, 0.5) is 0 Å². The standard InChI is InChI=1S/C20H23N3O3/c1-14-5-6-15(2)19(11-14)25-13-17-7-8-18(26-17)20(24)22(3)12-16-9-10-23(4)21-16/h5-11H,12-13H2,1-4H3. The number of aromatic nitrogens is 2. The van der Waals surface area contributed by atoms with Gasteiger partial charge in [0.25, 0.3) is 5.91 Å². The van der Waals surface area contributed by atoms with Crippen molar-refractivity contribution in [3.8, 4) is 5.75 Å². The number of hydrogen-bond donors (Lipinski definition) is 0. The van der Waals surface area contributed by atoms with Crippen molar-refractivity contribution in [2.45, 2.75) is 27.0 Å². The Bertz CT molecular complexity index is 911. The van der Waals surface area contributed by atoms with Crippen molar-refractivity contribution in [3.05, 3.63) is 70.9 Å². The van der Waals surface area contributed by atoms with Crippen LogP contribution in [-0.4, -0.2) is 27.6 Å². The number of rotatable bonds is 6. The number of ether oxygens (including phenoxy) is 1. The van der Waals surface area contributed by atoms with E-state index in [9.17, 15) is 4.79 Å². The summed E-state index contributed by atoms with van der Waals surface area (Å²) in [6.45, 7) is 4.72. The molecule has 0 bridgehead atoms. The summed E-state index contributed by atoms with van der Waals surface area (Å²) >= 11 is 0. The number of carbonyl (C=O) groups excluding carboxylic acids is 1. The van der Waals surface area contributed by atoms with Crippen LogP contribution in [0.1, 0.15) is 33.1 Å². The van der Waals surface area contributed by atoms with Crippen LogP contribution in [0, 0.1) is 13.8 Å². The summed E-state index contributed by atoms with van der Waals surface area (Å²) in [7, 11) is 3.58. The first kappa shape index (κ1) is 17.8. The van der Waals surface area contributed by atoms with Gasteiger partial charge in [0.15, 0.2) is 5.76 Å². The van der Waals surface area contributed by atoms with Crippen LogP contribution >= 0.6 is 0 Å². The molecule has 0 spiro atoms. The van der Waals surface area contributed by atoms with Crippen LogP contribution < -0.4 is 4.74 Å². The number of hydrogen-bond acceptors (Lipinski definition) is 4. The molecular formula is C20H23N3O3. The molecule has 3 aromatic rings. The third-order valence-corrected chi connectivity index (χ3v) is 4.10. The molecule has 6 heteroatoms. The summed E-state index contributed by atoms with van der Waals surface area (Å²) in [5.74, 6) is 1.54. The molecule has 1 amide bonds. The highest BCUT2D eigenvalue weighted by Gasteiger charge is 2.17. The summed E-state index contributed by atoms with van der Waals surface area (Å²) in [6.07, 6.45) is 1.85. The number of nitrogens with zero attached hydrogens (tertiary/aromatic N) is 3. The van der Waals surface area contributed by atoms with Gasteiger partial charge in [-0.05, 0) is 49.2 Å². The quantitative estimate of drug-likeness (QED) is 0.681. The van der Waals surface area contributed by atoms with Crippen molar-refractivity contribution in [1.29, 1.82) is 0 Å². The molecule has 0 unspecified atom stereocenters. The van der Waals surface area contributed by atoms with Crippen molar-refractivity contribution in [3.63, 3.8) is 0 Å². The van der Waals surface area contributed by atoms with Crippen LogP contribution in [-0.2, 0) is 20.2 Å². The Morgan fingerprint density at radius 2 is 2.04 bits per heavy atom. The normalized spacial score (nSPS) is 10.8. The Morgan fingerprint density at radius 3 is 2.77 bits per heavy atom. The third kappa shape index (κ3) is 4.14. The Hall–Kier alpha value is -3.02. The molecule has 26 heavy (non-hydrogen) atoms.